The highest BCUT2D eigenvalue weighted by Crippen LogP contribution is 2.48. The summed E-state index contributed by atoms with van der Waals surface area (Å²) < 4.78 is 30.0. The van der Waals surface area contributed by atoms with Gasteiger partial charge in [-0.05, 0) is 79.5 Å². The number of benzene rings is 7. The van der Waals surface area contributed by atoms with Gasteiger partial charge in [0.05, 0.1) is 0 Å². The highest BCUT2D eigenvalue weighted by atomic mass is 31.2. The maximum Gasteiger partial charge on any atom is 0.172 e. The van der Waals surface area contributed by atoms with Crippen LogP contribution in [0.5, 0.6) is 0 Å². The zero-order valence-electron chi connectivity index (χ0n) is 19.9. The van der Waals surface area contributed by atoms with Crippen molar-refractivity contribution in [2.75, 3.05) is 0 Å². The fraction of sp³-hybridized carbons (Fsp3) is 0. The van der Waals surface area contributed by atoms with Crippen LogP contribution >= 0.6 is 7.14 Å². The number of halogens is 1. The van der Waals surface area contributed by atoms with Crippen molar-refractivity contribution in [1.82, 2.24) is 0 Å². The zero-order chi connectivity index (χ0) is 25.0. The molecule has 37 heavy (non-hydrogen) atoms. The fourth-order valence-electron chi connectivity index (χ4n) is 5.65. The molecule has 0 radical (unpaired) electrons. The average Bonchev–Trinajstić information content (AvgIpc) is 2.96. The molecular weight excluding hydrogens is 474 g/mol. The van der Waals surface area contributed by atoms with Crippen LogP contribution in [0.3, 0.4) is 0 Å². The van der Waals surface area contributed by atoms with Gasteiger partial charge in [0.2, 0.25) is 0 Å². The SMILES string of the molecule is O=P(c1ccc(F)cc1)(c1cc2ccccc2c2ccccc12)c1cc2ccccc2c2ccccc12. The third-order valence-corrected chi connectivity index (χ3v) is 10.5. The van der Waals surface area contributed by atoms with Gasteiger partial charge in [-0.2, -0.15) is 0 Å². The lowest BCUT2D eigenvalue weighted by atomic mass is 10.0. The van der Waals surface area contributed by atoms with Crippen molar-refractivity contribution in [1.29, 1.82) is 0 Å². The Bertz CT molecular complexity index is 1900. The van der Waals surface area contributed by atoms with Crippen LogP contribution in [0.1, 0.15) is 0 Å². The lowest BCUT2D eigenvalue weighted by Crippen LogP contribution is -2.26. The Labute approximate surface area is 214 Å². The first-order chi connectivity index (χ1) is 18.1. The van der Waals surface area contributed by atoms with E-state index in [1.165, 1.54) is 12.1 Å². The Morgan fingerprint density at radius 3 is 1.27 bits per heavy atom. The second-order valence-corrected chi connectivity index (χ2v) is 12.1. The van der Waals surface area contributed by atoms with E-state index in [2.05, 4.69) is 60.7 Å². The van der Waals surface area contributed by atoms with E-state index < -0.39 is 7.14 Å². The van der Waals surface area contributed by atoms with Crippen molar-refractivity contribution in [3.8, 4) is 0 Å². The molecular formula is C34H22FOP. The van der Waals surface area contributed by atoms with Crippen molar-refractivity contribution < 1.29 is 8.96 Å². The molecule has 0 bridgehead atoms. The van der Waals surface area contributed by atoms with Crippen molar-refractivity contribution in [2.24, 2.45) is 0 Å². The van der Waals surface area contributed by atoms with E-state index in [4.69, 9.17) is 0 Å². The van der Waals surface area contributed by atoms with Crippen LogP contribution < -0.4 is 15.9 Å². The minimum Gasteiger partial charge on any atom is -0.309 e. The lowest BCUT2D eigenvalue weighted by Gasteiger charge is -2.25. The van der Waals surface area contributed by atoms with E-state index >= 15 is 4.57 Å². The molecule has 176 valence electrons. The second-order valence-electron chi connectivity index (χ2n) is 9.41. The molecule has 0 aliphatic carbocycles. The molecule has 0 aromatic heterocycles. The van der Waals surface area contributed by atoms with E-state index in [0.717, 1.165) is 53.7 Å². The first-order valence-corrected chi connectivity index (χ1v) is 14.0. The molecule has 0 spiro atoms. The summed E-state index contributed by atoms with van der Waals surface area (Å²) in [5.74, 6) is -0.345. The maximum absolute atomic E-state index is 15.9. The van der Waals surface area contributed by atoms with Gasteiger partial charge in [0.1, 0.15) is 5.82 Å². The number of fused-ring (bicyclic) bond motifs is 6. The topological polar surface area (TPSA) is 17.1 Å². The molecule has 7 rings (SSSR count). The molecule has 7 aromatic carbocycles. The summed E-state index contributed by atoms with van der Waals surface area (Å²) in [4.78, 5) is 0. The Morgan fingerprint density at radius 1 is 0.432 bits per heavy atom. The minimum absolute atomic E-state index is 0.345. The van der Waals surface area contributed by atoms with Crippen molar-refractivity contribution in [2.45, 2.75) is 0 Å². The average molecular weight is 497 g/mol. The Hall–Kier alpha value is -4.26. The fourth-order valence-corrected chi connectivity index (χ4v) is 8.74. The third-order valence-electron chi connectivity index (χ3n) is 7.36. The molecule has 0 unspecified atom stereocenters. The minimum atomic E-state index is -3.46. The van der Waals surface area contributed by atoms with E-state index in [1.807, 2.05) is 48.5 Å². The van der Waals surface area contributed by atoms with Gasteiger partial charge in [-0.3, -0.25) is 0 Å². The van der Waals surface area contributed by atoms with Gasteiger partial charge in [0, 0.05) is 15.9 Å². The summed E-state index contributed by atoms with van der Waals surface area (Å²) in [6.45, 7) is 0. The Balaban J connectivity index is 1.70. The molecule has 3 heteroatoms. The molecule has 0 fully saturated rings. The highest BCUT2D eigenvalue weighted by Gasteiger charge is 2.34. The van der Waals surface area contributed by atoms with E-state index in [9.17, 15) is 4.39 Å². The van der Waals surface area contributed by atoms with Crippen LogP contribution in [0.25, 0.3) is 43.1 Å². The lowest BCUT2D eigenvalue weighted by molar-refractivity contribution is 0.592. The van der Waals surface area contributed by atoms with E-state index in [-0.39, 0.29) is 5.82 Å². The van der Waals surface area contributed by atoms with Crippen LogP contribution in [0.4, 0.5) is 4.39 Å². The van der Waals surface area contributed by atoms with E-state index in [1.54, 1.807) is 12.1 Å². The zero-order valence-corrected chi connectivity index (χ0v) is 20.8. The number of rotatable bonds is 3. The molecule has 0 heterocycles. The normalized spacial score (nSPS) is 12.0. The van der Waals surface area contributed by atoms with Crippen LogP contribution in [0.2, 0.25) is 0 Å². The van der Waals surface area contributed by atoms with Gasteiger partial charge in [-0.1, -0.05) is 97.1 Å². The first kappa shape index (κ1) is 22.0. The van der Waals surface area contributed by atoms with Crippen LogP contribution in [0, 0.1) is 5.82 Å². The molecule has 0 atom stereocenters. The molecule has 0 aliphatic heterocycles. The number of hydrogen-bond acceptors (Lipinski definition) is 1. The molecule has 0 amide bonds. The quantitative estimate of drug-likeness (QED) is 0.179. The second kappa shape index (κ2) is 8.40. The molecule has 0 aliphatic rings. The third kappa shape index (κ3) is 3.34. The monoisotopic (exact) mass is 496 g/mol. The summed E-state index contributed by atoms with van der Waals surface area (Å²) in [5.41, 5.74) is 0. The summed E-state index contributed by atoms with van der Waals surface area (Å²) >= 11 is 0. The smallest absolute Gasteiger partial charge is 0.172 e. The predicted molar refractivity (Wildman–Crippen MR) is 156 cm³/mol. The number of hydrogen-bond donors (Lipinski definition) is 0. The van der Waals surface area contributed by atoms with Crippen molar-refractivity contribution in [3.05, 3.63) is 139 Å². The van der Waals surface area contributed by atoms with Gasteiger partial charge in [0.15, 0.2) is 7.14 Å². The van der Waals surface area contributed by atoms with Gasteiger partial charge in [0.25, 0.3) is 0 Å². The summed E-state index contributed by atoms with van der Waals surface area (Å²) in [6.07, 6.45) is 0. The largest absolute Gasteiger partial charge is 0.309 e. The van der Waals surface area contributed by atoms with Gasteiger partial charge < -0.3 is 4.57 Å². The van der Waals surface area contributed by atoms with Crippen LogP contribution in [-0.2, 0) is 4.57 Å². The molecule has 0 N–H and O–H groups in total. The van der Waals surface area contributed by atoms with Crippen LogP contribution in [0.15, 0.2) is 133 Å². The predicted octanol–water partition coefficient (Wildman–Crippen LogP) is 8.08. The Morgan fingerprint density at radius 2 is 0.811 bits per heavy atom. The van der Waals surface area contributed by atoms with E-state index in [0.29, 0.717) is 5.30 Å². The highest BCUT2D eigenvalue weighted by molar-refractivity contribution is 7.86. The summed E-state index contributed by atoms with van der Waals surface area (Å²) in [6, 6.07) is 43.1. The standard InChI is InChI=1S/C34H22FOP/c35-25-17-19-26(20-18-25)37(36,33-21-23-9-1-3-11-27(23)29-13-5-7-15-31(29)33)34-22-24-10-2-4-12-28(24)30-14-6-8-16-32(30)34/h1-22H. The Kier molecular flexibility index (Phi) is 4.99. The maximum atomic E-state index is 15.9. The molecule has 7 aromatic rings. The van der Waals surface area contributed by atoms with Crippen molar-refractivity contribution >= 4 is 66.1 Å². The van der Waals surface area contributed by atoms with Crippen LogP contribution in [-0.4, -0.2) is 0 Å². The molecule has 0 saturated heterocycles. The van der Waals surface area contributed by atoms with Gasteiger partial charge >= 0.3 is 0 Å². The molecule has 0 saturated carbocycles. The van der Waals surface area contributed by atoms with Crippen molar-refractivity contribution in [3.63, 3.8) is 0 Å². The first-order valence-electron chi connectivity index (χ1n) is 12.3. The molecule has 1 nitrogen and oxygen atoms in total. The summed E-state index contributed by atoms with van der Waals surface area (Å²) in [5, 5.41) is 10.5. The van der Waals surface area contributed by atoms with Gasteiger partial charge in [-0.15, -0.1) is 0 Å². The van der Waals surface area contributed by atoms with Gasteiger partial charge in [-0.25, -0.2) is 4.39 Å². The summed E-state index contributed by atoms with van der Waals surface area (Å²) in [7, 11) is -3.46.